The van der Waals surface area contributed by atoms with E-state index in [-0.39, 0.29) is 11.5 Å². The third-order valence-electron chi connectivity index (χ3n) is 3.93. The molecule has 1 N–H and O–H groups in total. The summed E-state index contributed by atoms with van der Waals surface area (Å²) < 4.78 is 28.9. The minimum absolute atomic E-state index is 0.0132. The fourth-order valence-electron chi connectivity index (χ4n) is 2.64. The van der Waals surface area contributed by atoms with E-state index >= 15 is 0 Å². The van der Waals surface area contributed by atoms with Gasteiger partial charge in [0, 0.05) is 5.92 Å². The Morgan fingerprint density at radius 3 is 2.94 bits per heavy atom. The molecule has 0 fully saturated rings. The van der Waals surface area contributed by atoms with Crippen molar-refractivity contribution in [3.8, 4) is 0 Å². The van der Waals surface area contributed by atoms with Crippen LogP contribution in [-0.4, -0.2) is 22.7 Å². The van der Waals surface area contributed by atoms with Crippen molar-refractivity contribution in [1.29, 1.82) is 0 Å². The van der Waals surface area contributed by atoms with E-state index in [0.717, 1.165) is 20.1 Å². The van der Waals surface area contributed by atoms with Gasteiger partial charge >= 0.3 is 0 Å². The number of aromatic amines is 1. The Labute approximate surface area is 101 Å². The van der Waals surface area contributed by atoms with Gasteiger partial charge < -0.3 is 0 Å². The van der Waals surface area contributed by atoms with Gasteiger partial charge in [-0.2, -0.15) is 8.78 Å². The number of fused-ring (bicyclic) bond motifs is 1. The van der Waals surface area contributed by atoms with Gasteiger partial charge in [-0.3, -0.25) is 5.10 Å². The fourth-order valence-corrected chi connectivity index (χ4v) is 2.64. The summed E-state index contributed by atoms with van der Waals surface area (Å²) >= 11 is 0. The molecule has 2 atom stereocenters. The van der Waals surface area contributed by atoms with Crippen LogP contribution in [0.2, 0.25) is 12.6 Å². The van der Waals surface area contributed by atoms with E-state index in [1.54, 1.807) is 0 Å². The van der Waals surface area contributed by atoms with Crippen LogP contribution in [0.1, 0.15) is 37.6 Å². The molecule has 0 radical (unpaired) electrons. The van der Waals surface area contributed by atoms with Crippen molar-refractivity contribution in [2.75, 3.05) is 0 Å². The lowest BCUT2D eigenvalue weighted by Gasteiger charge is -2.32. The number of hydrogen-bond acceptors (Lipinski definition) is 2. The second-order valence-electron chi connectivity index (χ2n) is 4.99. The van der Waals surface area contributed by atoms with Crippen LogP contribution >= 0.6 is 0 Å². The van der Waals surface area contributed by atoms with Gasteiger partial charge in [0.15, 0.2) is 0 Å². The lowest BCUT2D eigenvalue weighted by molar-refractivity contribution is -0.0762. The molecular formula is C11H18BF2N3. The summed E-state index contributed by atoms with van der Waals surface area (Å²) in [6.45, 7) is 3.87. The largest absolute Gasteiger partial charge is 0.293 e. The number of nitrogens with zero attached hydrogens (tertiary/aromatic N) is 2. The molecular weight excluding hydrogens is 223 g/mol. The third-order valence-corrected chi connectivity index (χ3v) is 3.93. The van der Waals surface area contributed by atoms with Crippen molar-refractivity contribution in [2.24, 2.45) is 5.92 Å². The van der Waals surface area contributed by atoms with Crippen LogP contribution in [0.4, 0.5) is 8.78 Å². The minimum atomic E-state index is -2.82. The van der Waals surface area contributed by atoms with E-state index in [9.17, 15) is 8.78 Å². The molecule has 1 heterocycles. The van der Waals surface area contributed by atoms with Crippen molar-refractivity contribution in [1.82, 2.24) is 15.4 Å². The van der Waals surface area contributed by atoms with Crippen molar-refractivity contribution >= 4 is 7.28 Å². The smallest absolute Gasteiger partial charge is 0.256 e. The second-order valence-corrected chi connectivity index (χ2v) is 4.99. The Morgan fingerprint density at radius 2 is 2.24 bits per heavy atom. The summed E-state index contributed by atoms with van der Waals surface area (Å²) in [6.07, 6.45) is 2.95. The van der Waals surface area contributed by atoms with Gasteiger partial charge in [0.1, 0.15) is 13.0 Å². The quantitative estimate of drug-likeness (QED) is 0.808. The summed E-state index contributed by atoms with van der Waals surface area (Å²) in [5, 5.41) is 9.75. The molecule has 0 aromatic carbocycles. The summed E-state index contributed by atoms with van der Waals surface area (Å²) in [5.41, 5.74) is 0.394. The molecule has 0 saturated carbocycles. The molecule has 1 aromatic heterocycles. The number of rotatable bonds is 2. The molecule has 0 bridgehead atoms. The molecule has 17 heavy (non-hydrogen) atoms. The first-order valence-electron chi connectivity index (χ1n) is 6.35. The van der Waals surface area contributed by atoms with Gasteiger partial charge in [0.05, 0.1) is 5.69 Å². The lowest BCUT2D eigenvalue weighted by Crippen LogP contribution is -2.32. The molecule has 0 aliphatic heterocycles. The topological polar surface area (TPSA) is 41.6 Å². The number of nitrogens with one attached hydrogen (secondary N) is 1. The van der Waals surface area contributed by atoms with Crippen LogP contribution in [0.5, 0.6) is 0 Å². The number of aryl methyl sites for hydroxylation is 1. The van der Waals surface area contributed by atoms with Gasteiger partial charge in [-0.25, -0.2) is 0 Å². The second kappa shape index (κ2) is 4.74. The van der Waals surface area contributed by atoms with Crippen molar-refractivity contribution in [3.63, 3.8) is 0 Å². The monoisotopic (exact) mass is 241 g/mol. The molecule has 1 unspecified atom stereocenters. The molecule has 94 valence electrons. The van der Waals surface area contributed by atoms with Crippen LogP contribution in [0, 0.1) is 5.92 Å². The highest BCUT2D eigenvalue weighted by Crippen LogP contribution is 2.45. The zero-order valence-corrected chi connectivity index (χ0v) is 10.3. The first-order chi connectivity index (χ1) is 8.07. The van der Waals surface area contributed by atoms with Gasteiger partial charge in [0.25, 0.3) is 5.92 Å². The van der Waals surface area contributed by atoms with E-state index < -0.39 is 11.8 Å². The van der Waals surface area contributed by atoms with E-state index in [2.05, 4.69) is 15.4 Å². The lowest BCUT2D eigenvalue weighted by atomic mass is 9.59. The first kappa shape index (κ1) is 12.5. The Balaban J connectivity index is 2.37. The summed E-state index contributed by atoms with van der Waals surface area (Å²) in [7, 11) is 0.775. The van der Waals surface area contributed by atoms with E-state index in [4.69, 9.17) is 0 Å². The van der Waals surface area contributed by atoms with Gasteiger partial charge in [-0.15, -0.1) is 5.10 Å². The standard InChI is InChI=1S/C11H18BF2N3/c1-7(12-2)8-5-3-4-6-9-10(11(8,13)14)16-17-15-9/h7-8,12H,3-6H2,1-2H3,(H,15,16,17)/t7-,8?/m0/s1. The Hall–Kier alpha value is -0.935. The van der Waals surface area contributed by atoms with E-state index in [0.29, 0.717) is 18.5 Å². The Kier molecular flexibility index (Phi) is 3.49. The third kappa shape index (κ3) is 2.22. The predicted molar refractivity (Wildman–Crippen MR) is 63.8 cm³/mol. The molecule has 1 aliphatic carbocycles. The van der Waals surface area contributed by atoms with E-state index in [1.807, 2.05) is 13.7 Å². The van der Waals surface area contributed by atoms with Crippen LogP contribution in [0.15, 0.2) is 0 Å². The maximum atomic E-state index is 14.5. The number of H-pyrrole nitrogens is 1. The first-order valence-corrected chi connectivity index (χ1v) is 6.35. The Bertz CT molecular complexity index is 381. The zero-order chi connectivity index (χ0) is 12.5. The maximum Gasteiger partial charge on any atom is 0.293 e. The van der Waals surface area contributed by atoms with Crippen molar-refractivity contribution in [3.05, 3.63) is 11.4 Å². The molecule has 6 heteroatoms. The van der Waals surface area contributed by atoms with Crippen molar-refractivity contribution < 1.29 is 8.78 Å². The van der Waals surface area contributed by atoms with Gasteiger partial charge in [-0.1, -0.05) is 31.2 Å². The molecule has 0 spiro atoms. The Morgan fingerprint density at radius 1 is 1.47 bits per heavy atom. The summed E-state index contributed by atoms with van der Waals surface area (Å²) in [6, 6.07) is 0. The highest BCUT2D eigenvalue weighted by atomic mass is 19.3. The molecule has 3 nitrogen and oxygen atoms in total. The van der Waals surface area contributed by atoms with Crippen molar-refractivity contribution in [2.45, 2.75) is 51.2 Å². The van der Waals surface area contributed by atoms with Crippen LogP contribution in [0.3, 0.4) is 0 Å². The van der Waals surface area contributed by atoms with Gasteiger partial charge in [0.2, 0.25) is 0 Å². The highest BCUT2D eigenvalue weighted by molar-refractivity contribution is 6.35. The van der Waals surface area contributed by atoms with Crippen LogP contribution in [0.25, 0.3) is 0 Å². The van der Waals surface area contributed by atoms with Crippen LogP contribution in [-0.2, 0) is 12.3 Å². The molecule has 0 amide bonds. The molecule has 2 rings (SSSR count). The van der Waals surface area contributed by atoms with Gasteiger partial charge in [-0.05, 0) is 19.3 Å². The highest BCUT2D eigenvalue weighted by Gasteiger charge is 2.47. The molecule has 0 saturated heterocycles. The number of halogens is 2. The van der Waals surface area contributed by atoms with E-state index in [1.165, 1.54) is 0 Å². The maximum absolute atomic E-state index is 14.5. The molecule has 1 aliphatic rings. The zero-order valence-electron chi connectivity index (χ0n) is 10.3. The number of aromatic nitrogens is 3. The summed E-state index contributed by atoms with van der Waals surface area (Å²) in [5.74, 6) is -3.41. The fraction of sp³-hybridized carbons (Fsp3) is 0.818. The molecule has 1 aromatic rings. The number of hydrogen-bond donors (Lipinski definition) is 1. The summed E-state index contributed by atoms with van der Waals surface area (Å²) in [4.78, 5) is 0. The SMILES string of the molecule is CB[C@@H](C)C1CCCCc2nn[nH]c2C1(F)F. The normalized spacial score (nSPS) is 25.5. The minimum Gasteiger partial charge on any atom is -0.256 e. The number of alkyl halides is 2. The predicted octanol–water partition coefficient (Wildman–Crippen LogP) is 2.53. The van der Waals surface area contributed by atoms with Crippen LogP contribution < -0.4 is 0 Å². The average Bonchev–Trinajstić information content (AvgIpc) is 2.74. The average molecular weight is 241 g/mol.